The van der Waals surface area contributed by atoms with Crippen LogP contribution >= 0.6 is 11.3 Å². The Labute approximate surface area is 172 Å². The molecular formula is C22H32N4OS. The van der Waals surface area contributed by atoms with Gasteiger partial charge in [-0.25, -0.2) is 4.99 Å². The summed E-state index contributed by atoms with van der Waals surface area (Å²) in [5, 5.41) is 19.8. The first-order chi connectivity index (χ1) is 13.6. The molecule has 28 heavy (non-hydrogen) atoms. The molecule has 3 N–H and O–H groups in total. The fourth-order valence-electron chi connectivity index (χ4n) is 3.60. The second-order valence-electron chi connectivity index (χ2n) is 7.49. The summed E-state index contributed by atoms with van der Waals surface area (Å²) in [4.78, 5) is 8.62. The minimum atomic E-state index is -0.994. The van der Waals surface area contributed by atoms with Gasteiger partial charge in [-0.15, -0.1) is 11.3 Å². The highest BCUT2D eigenvalue weighted by atomic mass is 32.1. The van der Waals surface area contributed by atoms with Crippen molar-refractivity contribution < 1.29 is 5.11 Å². The molecule has 0 spiro atoms. The van der Waals surface area contributed by atoms with E-state index in [1.165, 1.54) is 17.7 Å². The molecular weight excluding hydrogens is 368 g/mol. The number of likely N-dealkylation sites (tertiary alicyclic amines) is 1. The van der Waals surface area contributed by atoms with Crippen LogP contribution in [-0.4, -0.2) is 48.7 Å². The molecule has 2 atom stereocenters. The summed E-state index contributed by atoms with van der Waals surface area (Å²) in [5.41, 5.74) is -0.116. The largest absolute Gasteiger partial charge is 0.384 e. The van der Waals surface area contributed by atoms with Gasteiger partial charge in [0, 0.05) is 18.0 Å². The summed E-state index contributed by atoms with van der Waals surface area (Å²) < 4.78 is 0. The zero-order valence-electron chi connectivity index (χ0n) is 16.9. The van der Waals surface area contributed by atoms with Crippen LogP contribution in [0.25, 0.3) is 0 Å². The van der Waals surface area contributed by atoms with Crippen molar-refractivity contribution in [3.05, 3.63) is 58.3 Å². The molecule has 1 saturated heterocycles. The first kappa shape index (κ1) is 20.8. The van der Waals surface area contributed by atoms with E-state index in [1.807, 2.05) is 48.6 Å². The van der Waals surface area contributed by atoms with Crippen LogP contribution in [0.4, 0.5) is 0 Å². The van der Waals surface area contributed by atoms with E-state index in [0.717, 1.165) is 37.7 Å². The highest BCUT2D eigenvalue weighted by Crippen LogP contribution is 2.27. The van der Waals surface area contributed by atoms with E-state index >= 15 is 0 Å². The Morgan fingerprint density at radius 3 is 2.57 bits per heavy atom. The maximum Gasteiger partial charge on any atom is 0.191 e. The van der Waals surface area contributed by atoms with Crippen LogP contribution in [0.1, 0.15) is 43.2 Å². The zero-order chi connectivity index (χ0) is 19.8. The van der Waals surface area contributed by atoms with Crippen molar-refractivity contribution >= 4 is 17.3 Å². The van der Waals surface area contributed by atoms with Gasteiger partial charge in [-0.2, -0.15) is 0 Å². The van der Waals surface area contributed by atoms with Gasteiger partial charge in [0.05, 0.1) is 12.6 Å². The number of nitrogens with zero attached hydrogens (tertiary/aromatic N) is 2. The number of benzene rings is 1. The molecule has 152 valence electrons. The molecule has 1 aliphatic rings. The molecule has 0 saturated carbocycles. The molecule has 3 rings (SSSR count). The first-order valence-electron chi connectivity index (χ1n) is 10.2. The van der Waals surface area contributed by atoms with Gasteiger partial charge >= 0.3 is 0 Å². The number of thiophene rings is 1. The first-order valence-corrected chi connectivity index (χ1v) is 11.1. The van der Waals surface area contributed by atoms with E-state index < -0.39 is 5.60 Å². The Morgan fingerprint density at radius 2 is 1.93 bits per heavy atom. The molecule has 1 aromatic heterocycles. The highest BCUT2D eigenvalue weighted by Gasteiger charge is 2.25. The van der Waals surface area contributed by atoms with Crippen LogP contribution in [0.2, 0.25) is 0 Å². The van der Waals surface area contributed by atoms with Crippen LogP contribution < -0.4 is 10.6 Å². The van der Waals surface area contributed by atoms with Gasteiger partial charge < -0.3 is 15.7 Å². The maximum absolute atomic E-state index is 10.8. The van der Waals surface area contributed by atoms with Crippen LogP contribution in [0.15, 0.2) is 52.8 Å². The molecule has 1 fully saturated rings. The number of rotatable bonds is 8. The fourth-order valence-corrected chi connectivity index (χ4v) is 4.46. The molecule has 0 bridgehead atoms. The second kappa shape index (κ2) is 10.0. The monoisotopic (exact) mass is 400 g/mol. The Morgan fingerprint density at radius 1 is 1.18 bits per heavy atom. The van der Waals surface area contributed by atoms with Crippen molar-refractivity contribution in [3.63, 3.8) is 0 Å². The summed E-state index contributed by atoms with van der Waals surface area (Å²) in [6.07, 6.45) is 2.55. The Hall–Kier alpha value is -1.89. The molecule has 2 unspecified atom stereocenters. The summed E-state index contributed by atoms with van der Waals surface area (Å²) in [6, 6.07) is 14.4. The molecule has 0 aliphatic carbocycles. The van der Waals surface area contributed by atoms with Crippen LogP contribution in [0.5, 0.6) is 0 Å². The predicted octanol–water partition coefficient (Wildman–Crippen LogP) is 3.35. The van der Waals surface area contributed by atoms with Crippen molar-refractivity contribution in [3.8, 4) is 0 Å². The Balaban J connectivity index is 1.66. The zero-order valence-corrected chi connectivity index (χ0v) is 17.7. The Bertz CT molecular complexity index is 724. The van der Waals surface area contributed by atoms with E-state index in [0.29, 0.717) is 12.6 Å². The van der Waals surface area contributed by atoms with Crippen molar-refractivity contribution in [1.82, 2.24) is 15.5 Å². The minimum Gasteiger partial charge on any atom is -0.384 e. The SMILES string of the molecule is CCNC(=NCC(C)(O)c1ccccc1)NCC(c1cccs1)N1CCCC1. The van der Waals surface area contributed by atoms with Crippen molar-refractivity contribution in [2.75, 3.05) is 32.7 Å². The third-order valence-electron chi connectivity index (χ3n) is 5.20. The van der Waals surface area contributed by atoms with E-state index in [4.69, 9.17) is 0 Å². The quantitative estimate of drug-likeness (QED) is 0.470. The van der Waals surface area contributed by atoms with Crippen molar-refractivity contribution in [2.24, 2.45) is 4.99 Å². The molecule has 2 aromatic rings. The van der Waals surface area contributed by atoms with Crippen LogP contribution in [0.3, 0.4) is 0 Å². The van der Waals surface area contributed by atoms with E-state index in [2.05, 4.69) is 45.0 Å². The average Bonchev–Trinajstić information content (AvgIpc) is 3.42. The summed E-state index contributed by atoms with van der Waals surface area (Å²) in [7, 11) is 0. The molecule has 0 radical (unpaired) electrons. The van der Waals surface area contributed by atoms with Crippen LogP contribution in [-0.2, 0) is 5.60 Å². The topological polar surface area (TPSA) is 59.9 Å². The van der Waals surface area contributed by atoms with Gasteiger partial charge in [0.2, 0.25) is 0 Å². The summed E-state index contributed by atoms with van der Waals surface area (Å²) >= 11 is 1.82. The van der Waals surface area contributed by atoms with Gasteiger partial charge in [0.1, 0.15) is 5.60 Å². The number of hydrogen-bond acceptors (Lipinski definition) is 4. The lowest BCUT2D eigenvalue weighted by Crippen LogP contribution is -2.43. The number of aliphatic hydroxyl groups is 1. The highest BCUT2D eigenvalue weighted by molar-refractivity contribution is 7.10. The summed E-state index contributed by atoms with van der Waals surface area (Å²) in [5.74, 6) is 0.749. The maximum atomic E-state index is 10.8. The molecule has 1 aliphatic heterocycles. The standard InChI is InChI=1S/C22H32N4OS/c1-3-23-21(25-17-22(2,27)18-10-5-4-6-11-18)24-16-19(20-12-9-15-28-20)26-13-7-8-14-26/h4-6,9-12,15,19,27H,3,7-8,13-14,16-17H2,1-2H3,(H2,23,24,25). The van der Waals surface area contributed by atoms with Gasteiger partial charge in [0.25, 0.3) is 0 Å². The fraction of sp³-hybridized carbons (Fsp3) is 0.500. The van der Waals surface area contributed by atoms with E-state index in [-0.39, 0.29) is 0 Å². The predicted molar refractivity (Wildman–Crippen MR) is 118 cm³/mol. The van der Waals surface area contributed by atoms with Gasteiger partial charge in [-0.05, 0) is 56.8 Å². The van der Waals surface area contributed by atoms with Gasteiger partial charge in [0.15, 0.2) is 5.96 Å². The third kappa shape index (κ3) is 5.56. The van der Waals surface area contributed by atoms with E-state index in [1.54, 1.807) is 0 Å². The van der Waals surface area contributed by atoms with E-state index in [9.17, 15) is 5.11 Å². The summed E-state index contributed by atoms with van der Waals surface area (Å²) in [6.45, 7) is 8.07. The average molecular weight is 401 g/mol. The lowest BCUT2D eigenvalue weighted by atomic mass is 9.96. The van der Waals surface area contributed by atoms with Crippen LogP contribution in [0, 0.1) is 0 Å². The van der Waals surface area contributed by atoms with Gasteiger partial charge in [-0.1, -0.05) is 36.4 Å². The van der Waals surface area contributed by atoms with Crippen molar-refractivity contribution in [2.45, 2.75) is 38.3 Å². The smallest absolute Gasteiger partial charge is 0.191 e. The minimum absolute atomic E-state index is 0.305. The Kier molecular flexibility index (Phi) is 7.48. The lowest BCUT2D eigenvalue weighted by molar-refractivity contribution is 0.0672. The second-order valence-corrected chi connectivity index (χ2v) is 8.47. The molecule has 1 aromatic carbocycles. The molecule has 0 amide bonds. The third-order valence-corrected chi connectivity index (χ3v) is 6.17. The number of hydrogen-bond donors (Lipinski definition) is 3. The number of guanidine groups is 1. The number of nitrogens with one attached hydrogen (secondary N) is 2. The van der Waals surface area contributed by atoms with Crippen molar-refractivity contribution in [1.29, 1.82) is 0 Å². The lowest BCUT2D eigenvalue weighted by Gasteiger charge is -2.28. The molecule has 6 heteroatoms. The normalized spacial score (nSPS) is 18.6. The number of aliphatic imine (C=N–C) groups is 1. The van der Waals surface area contributed by atoms with Gasteiger partial charge in [-0.3, -0.25) is 4.90 Å². The molecule has 5 nitrogen and oxygen atoms in total. The molecule has 2 heterocycles.